The van der Waals surface area contributed by atoms with Crippen LogP contribution in [0.3, 0.4) is 0 Å². The normalized spacial score (nSPS) is 12.3. The van der Waals surface area contributed by atoms with Gasteiger partial charge in [0.1, 0.15) is 18.5 Å². The van der Waals surface area contributed by atoms with E-state index in [1.165, 1.54) is 16.2 Å². The summed E-state index contributed by atoms with van der Waals surface area (Å²) in [4.78, 5) is 31.2. The van der Waals surface area contributed by atoms with Gasteiger partial charge in [0, 0.05) is 12.1 Å². The van der Waals surface area contributed by atoms with Gasteiger partial charge in [-0.2, -0.15) is 10.1 Å². The molecule has 4 rings (SSSR count). The lowest BCUT2D eigenvalue weighted by atomic mass is 10.2. The van der Waals surface area contributed by atoms with Gasteiger partial charge >= 0.3 is 5.69 Å². The van der Waals surface area contributed by atoms with Crippen LogP contribution >= 0.6 is 11.6 Å². The Morgan fingerprint density at radius 2 is 1.94 bits per heavy atom. The van der Waals surface area contributed by atoms with Crippen molar-refractivity contribution in [3.8, 4) is 5.75 Å². The minimum atomic E-state index is -0.992. The van der Waals surface area contributed by atoms with Crippen LogP contribution in [0, 0.1) is 0 Å². The lowest BCUT2D eigenvalue weighted by Crippen LogP contribution is -2.30. The molecule has 0 aliphatic heterocycles. The van der Waals surface area contributed by atoms with Crippen molar-refractivity contribution in [2.75, 3.05) is 12.0 Å². The number of ether oxygens (including phenoxy) is 1. The highest BCUT2D eigenvalue weighted by Crippen LogP contribution is 2.18. The highest BCUT2D eigenvalue weighted by Gasteiger charge is 2.20. The van der Waals surface area contributed by atoms with Crippen molar-refractivity contribution in [3.63, 3.8) is 0 Å². The molecule has 33 heavy (non-hydrogen) atoms. The van der Waals surface area contributed by atoms with Crippen molar-refractivity contribution in [2.45, 2.75) is 12.6 Å². The highest BCUT2D eigenvalue weighted by molar-refractivity contribution is 6.30. The zero-order chi connectivity index (χ0) is 23.4. The molecule has 2 heterocycles. The van der Waals surface area contributed by atoms with Crippen molar-refractivity contribution < 1.29 is 9.84 Å². The Balaban J connectivity index is 1.61. The molecule has 10 nitrogen and oxygen atoms in total. The Bertz CT molecular complexity index is 1390. The number of aliphatic hydroxyl groups is 1. The van der Waals surface area contributed by atoms with Gasteiger partial charge in [-0.25, -0.2) is 10.2 Å². The van der Waals surface area contributed by atoms with E-state index in [0.717, 1.165) is 5.56 Å². The molecule has 4 aromatic rings. The van der Waals surface area contributed by atoms with Crippen LogP contribution < -0.4 is 21.4 Å². The molecule has 0 bridgehead atoms. The van der Waals surface area contributed by atoms with Gasteiger partial charge in [-0.05, 0) is 29.8 Å². The molecule has 0 saturated heterocycles. The molecular weight excluding hydrogens is 448 g/mol. The quantitative estimate of drug-likeness (QED) is 0.268. The number of H-pyrrole nitrogens is 1. The van der Waals surface area contributed by atoms with Gasteiger partial charge < -0.3 is 14.4 Å². The van der Waals surface area contributed by atoms with Crippen LogP contribution in [0.15, 0.2) is 69.3 Å². The van der Waals surface area contributed by atoms with Gasteiger partial charge in [0.25, 0.3) is 5.56 Å². The second kappa shape index (κ2) is 9.72. The first-order valence-electron chi connectivity index (χ1n) is 10.0. The van der Waals surface area contributed by atoms with E-state index in [1.807, 2.05) is 30.3 Å². The average Bonchev–Trinajstić information content (AvgIpc) is 3.16. The summed E-state index contributed by atoms with van der Waals surface area (Å²) in [7, 11) is 1.50. The van der Waals surface area contributed by atoms with Crippen molar-refractivity contribution in [3.05, 3.63) is 86.0 Å². The van der Waals surface area contributed by atoms with Crippen LogP contribution in [0.1, 0.15) is 5.56 Å². The largest absolute Gasteiger partial charge is 0.491 e. The third-order valence-corrected chi connectivity index (χ3v) is 5.09. The number of aliphatic hydroxyl groups excluding tert-OH is 1. The zero-order valence-corrected chi connectivity index (χ0v) is 18.4. The lowest BCUT2D eigenvalue weighted by molar-refractivity contribution is 0.0938. The number of hydrogen-bond acceptors (Lipinski definition) is 7. The Labute approximate surface area is 192 Å². The van der Waals surface area contributed by atoms with Crippen molar-refractivity contribution in [2.24, 2.45) is 12.1 Å². The number of hydrazone groups is 1. The zero-order valence-electron chi connectivity index (χ0n) is 17.6. The van der Waals surface area contributed by atoms with Crippen LogP contribution in [0.5, 0.6) is 5.75 Å². The van der Waals surface area contributed by atoms with E-state index in [2.05, 4.69) is 20.5 Å². The topological polar surface area (TPSA) is 127 Å². The van der Waals surface area contributed by atoms with Crippen LogP contribution in [0.2, 0.25) is 5.02 Å². The molecule has 170 valence electrons. The molecule has 0 aliphatic rings. The third kappa shape index (κ3) is 5.13. The second-order valence-electron chi connectivity index (χ2n) is 7.24. The number of nitrogens with one attached hydrogen (secondary N) is 2. The standard InChI is InChI=1S/C22H21ClN6O4/c1-28-19-18(20(31)26-22(28)32)29(12-16(30)13-33-17-9-7-15(23)8-10-17)21(25-19)27-24-11-14-5-3-2-4-6-14/h2-11,16,30H,12-13H2,1H3,(H,25,27)(H,26,31,32)/b24-11-/t16-/m0/s1. The molecule has 0 amide bonds. The lowest BCUT2D eigenvalue weighted by Gasteiger charge is -2.15. The minimum Gasteiger partial charge on any atom is -0.491 e. The molecule has 3 N–H and O–H groups in total. The van der Waals surface area contributed by atoms with E-state index in [-0.39, 0.29) is 30.3 Å². The summed E-state index contributed by atoms with van der Waals surface area (Å²) in [5.41, 5.74) is 2.72. The summed E-state index contributed by atoms with van der Waals surface area (Å²) in [6.45, 7) is -0.0771. The molecule has 0 spiro atoms. The Hall–Kier alpha value is -3.89. The molecular formula is C22H21ClN6O4. The number of aryl methyl sites for hydroxylation is 1. The Morgan fingerprint density at radius 3 is 2.67 bits per heavy atom. The summed E-state index contributed by atoms with van der Waals surface area (Å²) in [5.74, 6) is 0.731. The summed E-state index contributed by atoms with van der Waals surface area (Å²) < 4.78 is 8.28. The number of nitrogens with zero attached hydrogens (tertiary/aromatic N) is 4. The number of anilines is 1. The molecule has 11 heteroatoms. The Kier molecular flexibility index (Phi) is 6.57. The van der Waals surface area contributed by atoms with E-state index >= 15 is 0 Å². The van der Waals surface area contributed by atoms with Gasteiger partial charge in [0.15, 0.2) is 11.2 Å². The van der Waals surface area contributed by atoms with E-state index in [4.69, 9.17) is 16.3 Å². The first-order valence-corrected chi connectivity index (χ1v) is 10.4. The summed E-state index contributed by atoms with van der Waals surface area (Å²) in [5, 5.41) is 15.3. The first kappa shape index (κ1) is 22.3. The molecule has 0 fully saturated rings. The maximum absolute atomic E-state index is 12.6. The van der Waals surface area contributed by atoms with Crippen LogP contribution in [-0.2, 0) is 13.6 Å². The van der Waals surface area contributed by atoms with E-state index in [1.54, 1.807) is 30.5 Å². The Morgan fingerprint density at radius 1 is 1.21 bits per heavy atom. The predicted octanol–water partition coefficient (Wildman–Crippen LogP) is 1.96. The summed E-state index contributed by atoms with van der Waals surface area (Å²) >= 11 is 5.87. The van der Waals surface area contributed by atoms with E-state index in [0.29, 0.717) is 10.8 Å². The van der Waals surface area contributed by atoms with Crippen molar-refractivity contribution in [1.82, 2.24) is 19.1 Å². The van der Waals surface area contributed by atoms with Gasteiger partial charge in [0.2, 0.25) is 5.95 Å². The average molecular weight is 469 g/mol. The fourth-order valence-corrected chi connectivity index (χ4v) is 3.31. The number of rotatable bonds is 8. The number of imidazole rings is 1. The number of aromatic amines is 1. The molecule has 0 saturated carbocycles. The third-order valence-electron chi connectivity index (χ3n) is 4.83. The van der Waals surface area contributed by atoms with E-state index in [9.17, 15) is 14.7 Å². The smallest absolute Gasteiger partial charge is 0.329 e. The van der Waals surface area contributed by atoms with Gasteiger partial charge in [-0.1, -0.05) is 41.9 Å². The van der Waals surface area contributed by atoms with Gasteiger partial charge in [-0.15, -0.1) is 0 Å². The van der Waals surface area contributed by atoms with Crippen LogP contribution in [-0.4, -0.2) is 43.1 Å². The number of hydrogen-bond donors (Lipinski definition) is 3. The maximum Gasteiger partial charge on any atom is 0.329 e. The van der Waals surface area contributed by atoms with Gasteiger partial charge in [0.05, 0.1) is 12.8 Å². The molecule has 2 aromatic heterocycles. The molecule has 1 atom stereocenters. The van der Waals surface area contributed by atoms with E-state index < -0.39 is 17.4 Å². The minimum absolute atomic E-state index is 0.0332. The second-order valence-corrected chi connectivity index (χ2v) is 7.67. The molecule has 0 aliphatic carbocycles. The number of halogens is 1. The van der Waals surface area contributed by atoms with Crippen molar-refractivity contribution >= 4 is 34.9 Å². The highest BCUT2D eigenvalue weighted by atomic mass is 35.5. The monoisotopic (exact) mass is 468 g/mol. The molecule has 0 radical (unpaired) electrons. The first-order chi connectivity index (χ1) is 15.9. The number of benzene rings is 2. The maximum atomic E-state index is 12.6. The number of aromatic nitrogens is 4. The van der Waals surface area contributed by atoms with Gasteiger partial charge in [-0.3, -0.25) is 14.3 Å². The molecule has 2 aromatic carbocycles. The van der Waals surface area contributed by atoms with Crippen LogP contribution in [0.4, 0.5) is 5.95 Å². The summed E-state index contributed by atoms with van der Waals surface area (Å²) in [6, 6.07) is 16.1. The van der Waals surface area contributed by atoms with Crippen LogP contribution in [0.25, 0.3) is 11.2 Å². The number of fused-ring (bicyclic) bond motifs is 1. The fraction of sp³-hybridized carbons (Fsp3) is 0.182. The SMILES string of the molecule is Cn1c(=O)[nH]c(=O)c2c1nc(N/N=C\c1ccccc1)n2C[C@H](O)COc1ccc(Cl)cc1. The summed E-state index contributed by atoms with van der Waals surface area (Å²) in [6.07, 6.45) is 0.598. The molecule has 0 unspecified atom stereocenters. The van der Waals surface area contributed by atoms with Crippen molar-refractivity contribution in [1.29, 1.82) is 0 Å². The predicted molar refractivity (Wildman–Crippen MR) is 126 cm³/mol. The fourth-order valence-electron chi connectivity index (χ4n) is 3.19.